The van der Waals surface area contributed by atoms with Crippen LogP contribution < -0.4 is 15.8 Å². The van der Waals surface area contributed by atoms with Gasteiger partial charge in [0.15, 0.2) is 5.82 Å². The zero-order valence-electron chi connectivity index (χ0n) is 10.9. The van der Waals surface area contributed by atoms with Crippen LogP contribution in [0.3, 0.4) is 0 Å². The molecule has 7 nitrogen and oxygen atoms in total. The summed E-state index contributed by atoms with van der Waals surface area (Å²) in [6.45, 7) is 4.73. The van der Waals surface area contributed by atoms with Crippen molar-refractivity contribution in [1.29, 1.82) is 0 Å². The van der Waals surface area contributed by atoms with E-state index in [2.05, 4.69) is 25.3 Å². The summed E-state index contributed by atoms with van der Waals surface area (Å²) in [6, 6.07) is 1.83. The number of hydrogen-bond acceptors (Lipinski definition) is 7. The van der Waals surface area contributed by atoms with Crippen LogP contribution in [0.1, 0.15) is 18.4 Å². The van der Waals surface area contributed by atoms with Gasteiger partial charge in [0.05, 0.1) is 18.8 Å². The lowest BCUT2D eigenvalue weighted by Crippen LogP contribution is -2.09. The van der Waals surface area contributed by atoms with Crippen LogP contribution in [0.15, 0.2) is 18.6 Å². The molecule has 0 radical (unpaired) electrons. The molecule has 0 saturated heterocycles. The molecular weight excluding hydrogens is 244 g/mol. The summed E-state index contributed by atoms with van der Waals surface area (Å²) in [4.78, 5) is 16.4. The van der Waals surface area contributed by atoms with Crippen LogP contribution in [-0.4, -0.2) is 26.5 Å². The number of nitrogens with zero attached hydrogens (tertiary/aromatic N) is 4. The van der Waals surface area contributed by atoms with E-state index in [1.165, 1.54) is 6.33 Å². The molecule has 100 valence electrons. The Labute approximate surface area is 111 Å². The zero-order chi connectivity index (χ0) is 13.7. The lowest BCUT2D eigenvalue weighted by molar-refractivity contribution is 0.328. The second-order valence-electron chi connectivity index (χ2n) is 3.82. The number of anilines is 2. The van der Waals surface area contributed by atoms with Crippen molar-refractivity contribution in [1.82, 2.24) is 19.9 Å². The van der Waals surface area contributed by atoms with Crippen LogP contribution in [-0.2, 0) is 6.54 Å². The van der Waals surface area contributed by atoms with E-state index >= 15 is 0 Å². The van der Waals surface area contributed by atoms with E-state index in [1.54, 1.807) is 6.20 Å². The molecule has 2 aromatic heterocycles. The maximum absolute atomic E-state index is 5.92. The van der Waals surface area contributed by atoms with Gasteiger partial charge >= 0.3 is 0 Å². The van der Waals surface area contributed by atoms with Crippen molar-refractivity contribution < 1.29 is 4.74 Å². The molecule has 0 amide bonds. The summed E-state index contributed by atoms with van der Waals surface area (Å²) >= 11 is 0. The topological polar surface area (TPSA) is 98.8 Å². The molecule has 0 fully saturated rings. The minimum atomic E-state index is 0.388. The van der Waals surface area contributed by atoms with Gasteiger partial charge in [0, 0.05) is 6.20 Å². The first kappa shape index (κ1) is 13.0. The molecule has 3 N–H and O–H groups in total. The third kappa shape index (κ3) is 3.27. The fourth-order valence-corrected chi connectivity index (χ4v) is 1.55. The molecule has 0 aliphatic carbocycles. The van der Waals surface area contributed by atoms with Crippen molar-refractivity contribution in [3.63, 3.8) is 0 Å². The van der Waals surface area contributed by atoms with E-state index in [9.17, 15) is 0 Å². The Morgan fingerprint density at radius 1 is 1.32 bits per heavy atom. The molecule has 0 atom stereocenters. The number of nitrogen functional groups attached to an aromatic ring is 1. The van der Waals surface area contributed by atoms with Crippen molar-refractivity contribution in [2.24, 2.45) is 0 Å². The van der Waals surface area contributed by atoms with Crippen molar-refractivity contribution in [3.8, 4) is 5.88 Å². The van der Waals surface area contributed by atoms with Gasteiger partial charge in [0.2, 0.25) is 5.88 Å². The highest BCUT2D eigenvalue weighted by Crippen LogP contribution is 2.24. The molecule has 2 heterocycles. The van der Waals surface area contributed by atoms with E-state index in [0.29, 0.717) is 30.5 Å². The number of hydrogen-bond donors (Lipinski definition) is 2. The first-order valence-electron chi connectivity index (χ1n) is 5.96. The highest BCUT2D eigenvalue weighted by molar-refractivity contribution is 5.66. The standard InChI is InChI=1S/C12H16N6O/c1-3-19-12-10(13)11(16-7-17-12)15-6-9-4-5-14-8(2)18-9/h4-5,7H,3,6,13H2,1-2H3,(H,15,16,17). The molecule has 2 aromatic rings. The molecule has 19 heavy (non-hydrogen) atoms. The average Bonchev–Trinajstić information content (AvgIpc) is 2.40. The summed E-state index contributed by atoms with van der Waals surface area (Å²) in [5.74, 6) is 1.65. The van der Waals surface area contributed by atoms with E-state index in [0.717, 1.165) is 11.5 Å². The number of aromatic nitrogens is 4. The molecule has 0 saturated carbocycles. The normalized spacial score (nSPS) is 10.2. The fraction of sp³-hybridized carbons (Fsp3) is 0.333. The SMILES string of the molecule is CCOc1ncnc(NCc2ccnc(C)n2)c1N. The van der Waals surface area contributed by atoms with Crippen molar-refractivity contribution in [2.45, 2.75) is 20.4 Å². The molecule has 0 aliphatic heterocycles. The molecule has 0 bridgehead atoms. The first-order chi connectivity index (χ1) is 9.20. The maximum atomic E-state index is 5.92. The zero-order valence-corrected chi connectivity index (χ0v) is 10.9. The van der Waals surface area contributed by atoms with Crippen molar-refractivity contribution in [2.75, 3.05) is 17.7 Å². The Morgan fingerprint density at radius 3 is 2.89 bits per heavy atom. The van der Waals surface area contributed by atoms with Gasteiger partial charge in [-0.05, 0) is 19.9 Å². The van der Waals surface area contributed by atoms with Gasteiger partial charge in [-0.3, -0.25) is 0 Å². The van der Waals surface area contributed by atoms with Gasteiger partial charge in [-0.2, -0.15) is 4.98 Å². The van der Waals surface area contributed by atoms with E-state index in [-0.39, 0.29) is 0 Å². The van der Waals surface area contributed by atoms with E-state index < -0.39 is 0 Å². The minimum Gasteiger partial charge on any atom is -0.476 e. The highest BCUT2D eigenvalue weighted by atomic mass is 16.5. The average molecular weight is 260 g/mol. The van der Waals surface area contributed by atoms with Crippen LogP contribution in [0.4, 0.5) is 11.5 Å². The van der Waals surface area contributed by atoms with E-state index in [1.807, 2.05) is 19.9 Å². The van der Waals surface area contributed by atoms with Crippen LogP contribution in [0.5, 0.6) is 5.88 Å². The van der Waals surface area contributed by atoms with Gasteiger partial charge < -0.3 is 15.8 Å². The van der Waals surface area contributed by atoms with Crippen molar-refractivity contribution >= 4 is 11.5 Å². The van der Waals surface area contributed by atoms with Crippen LogP contribution >= 0.6 is 0 Å². The fourth-order valence-electron chi connectivity index (χ4n) is 1.55. The first-order valence-corrected chi connectivity index (χ1v) is 5.96. The van der Waals surface area contributed by atoms with Crippen LogP contribution in [0.2, 0.25) is 0 Å². The Balaban J connectivity index is 2.09. The largest absolute Gasteiger partial charge is 0.476 e. The smallest absolute Gasteiger partial charge is 0.242 e. The molecule has 0 unspecified atom stereocenters. The number of rotatable bonds is 5. The third-order valence-corrected chi connectivity index (χ3v) is 2.40. The lowest BCUT2D eigenvalue weighted by Gasteiger charge is -2.10. The van der Waals surface area contributed by atoms with Gasteiger partial charge in [0.25, 0.3) is 0 Å². The number of nitrogens with one attached hydrogen (secondary N) is 1. The summed E-state index contributed by atoms with van der Waals surface area (Å²) in [6.07, 6.45) is 3.13. The maximum Gasteiger partial charge on any atom is 0.242 e. The third-order valence-electron chi connectivity index (χ3n) is 2.40. The predicted molar refractivity (Wildman–Crippen MR) is 71.7 cm³/mol. The number of ether oxygens (including phenoxy) is 1. The molecule has 2 rings (SSSR count). The Kier molecular flexibility index (Phi) is 4.07. The van der Waals surface area contributed by atoms with Crippen LogP contribution in [0, 0.1) is 6.92 Å². The minimum absolute atomic E-state index is 0.388. The summed E-state index contributed by atoms with van der Waals surface area (Å²) < 4.78 is 5.31. The number of nitrogens with two attached hydrogens (primary N) is 1. The molecule has 0 aromatic carbocycles. The van der Waals surface area contributed by atoms with Crippen LogP contribution in [0.25, 0.3) is 0 Å². The Hall–Kier alpha value is -2.44. The Bertz CT molecular complexity index is 560. The summed E-state index contributed by atoms with van der Waals surface area (Å²) in [5.41, 5.74) is 7.18. The molecule has 7 heteroatoms. The Morgan fingerprint density at radius 2 is 2.16 bits per heavy atom. The van der Waals surface area contributed by atoms with Crippen molar-refractivity contribution in [3.05, 3.63) is 30.1 Å². The predicted octanol–water partition coefficient (Wildman–Crippen LogP) is 1.17. The van der Waals surface area contributed by atoms with Gasteiger partial charge in [-0.1, -0.05) is 0 Å². The summed E-state index contributed by atoms with van der Waals surface area (Å²) in [7, 11) is 0. The van der Waals surface area contributed by atoms with Gasteiger partial charge in [0.1, 0.15) is 17.8 Å². The molecule has 0 aliphatic rings. The highest BCUT2D eigenvalue weighted by Gasteiger charge is 2.08. The van der Waals surface area contributed by atoms with Gasteiger partial charge in [-0.25, -0.2) is 15.0 Å². The monoisotopic (exact) mass is 260 g/mol. The quantitative estimate of drug-likeness (QED) is 0.832. The summed E-state index contributed by atoms with van der Waals surface area (Å²) in [5, 5.41) is 3.11. The molecular formula is C12H16N6O. The second-order valence-corrected chi connectivity index (χ2v) is 3.82. The second kappa shape index (κ2) is 5.94. The lowest BCUT2D eigenvalue weighted by atomic mass is 10.3. The number of aryl methyl sites for hydroxylation is 1. The molecule has 0 spiro atoms. The van der Waals surface area contributed by atoms with E-state index in [4.69, 9.17) is 10.5 Å². The van der Waals surface area contributed by atoms with Gasteiger partial charge in [-0.15, -0.1) is 0 Å².